The van der Waals surface area contributed by atoms with Crippen LogP contribution in [0.15, 0.2) is 30.3 Å². The normalized spacial score (nSPS) is 17.8. The minimum Gasteiger partial charge on any atom is -0.393 e. The Bertz CT molecular complexity index is 412. The lowest BCUT2D eigenvalue weighted by Gasteiger charge is -2.16. The Morgan fingerprint density at radius 3 is 2.63 bits per heavy atom. The van der Waals surface area contributed by atoms with E-state index in [9.17, 15) is 9.90 Å². The van der Waals surface area contributed by atoms with Gasteiger partial charge in [0.25, 0.3) is 0 Å². The largest absolute Gasteiger partial charge is 0.393 e. The fourth-order valence-electron chi connectivity index (χ4n) is 2.37. The van der Waals surface area contributed by atoms with Gasteiger partial charge in [-0.25, -0.2) is 0 Å². The Morgan fingerprint density at radius 2 is 2.05 bits per heavy atom. The van der Waals surface area contributed by atoms with Gasteiger partial charge in [-0.2, -0.15) is 0 Å². The second-order valence-electron chi connectivity index (χ2n) is 5.55. The number of hydrogen-bond acceptors (Lipinski definition) is 2. The van der Waals surface area contributed by atoms with Crippen molar-refractivity contribution in [1.82, 2.24) is 5.32 Å². The number of rotatable bonds is 7. The molecule has 1 saturated carbocycles. The van der Waals surface area contributed by atoms with Crippen molar-refractivity contribution in [2.75, 3.05) is 6.54 Å². The molecule has 104 valence electrons. The van der Waals surface area contributed by atoms with Gasteiger partial charge in [0.1, 0.15) is 0 Å². The van der Waals surface area contributed by atoms with E-state index in [1.807, 2.05) is 25.1 Å². The summed E-state index contributed by atoms with van der Waals surface area (Å²) in [7, 11) is 0. The molecule has 0 bridgehead atoms. The highest BCUT2D eigenvalue weighted by atomic mass is 16.3. The van der Waals surface area contributed by atoms with Gasteiger partial charge < -0.3 is 10.4 Å². The lowest BCUT2D eigenvalue weighted by molar-refractivity contribution is -0.126. The minimum atomic E-state index is -0.301. The van der Waals surface area contributed by atoms with Crippen LogP contribution in [0.5, 0.6) is 0 Å². The van der Waals surface area contributed by atoms with E-state index in [2.05, 4.69) is 17.4 Å². The lowest BCUT2D eigenvalue weighted by atomic mass is 9.95. The van der Waals surface area contributed by atoms with E-state index in [1.165, 1.54) is 5.56 Å². The van der Waals surface area contributed by atoms with E-state index in [0.29, 0.717) is 13.0 Å². The van der Waals surface area contributed by atoms with Crippen molar-refractivity contribution in [2.45, 2.75) is 45.1 Å². The number of amides is 1. The Labute approximate surface area is 115 Å². The van der Waals surface area contributed by atoms with Gasteiger partial charge in [0.15, 0.2) is 0 Å². The third-order valence-corrected chi connectivity index (χ3v) is 3.95. The van der Waals surface area contributed by atoms with Crippen LogP contribution in [-0.4, -0.2) is 23.7 Å². The maximum atomic E-state index is 12.2. The topological polar surface area (TPSA) is 49.3 Å². The molecule has 3 heteroatoms. The molecule has 1 aromatic carbocycles. The van der Waals surface area contributed by atoms with E-state index in [1.54, 1.807) is 0 Å². The summed E-state index contributed by atoms with van der Waals surface area (Å²) in [4.78, 5) is 12.2. The molecule has 1 unspecified atom stereocenters. The maximum Gasteiger partial charge on any atom is 0.226 e. The van der Waals surface area contributed by atoms with Gasteiger partial charge in [-0.15, -0.1) is 0 Å². The average Bonchev–Trinajstić information content (AvgIpc) is 3.20. The van der Waals surface area contributed by atoms with Crippen molar-refractivity contribution in [3.05, 3.63) is 35.9 Å². The standard InChI is InChI=1S/C16H23NO2/c1-2-14(18)8-11-17-15(19)16(9-10-16)12-13-6-4-3-5-7-13/h3-7,14,18H,2,8-12H2,1H3,(H,17,19). The summed E-state index contributed by atoms with van der Waals surface area (Å²) in [6, 6.07) is 10.2. The zero-order valence-electron chi connectivity index (χ0n) is 11.6. The van der Waals surface area contributed by atoms with Crippen LogP contribution in [0, 0.1) is 5.41 Å². The highest BCUT2D eigenvalue weighted by Gasteiger charge is 2.49. The van der Waals surface area contributed by atoms with Crippen molar-refractivity contribution < 1.29 is 9.90 Å². The molecule has 0 aliphatic heterocycles. The van der Waals surface area contributed by atoms with Crippen LogP contribution in [0.1, 0.15) is 38.2 Å². The summed E-state index contributed by atoms with van der Waals surface area (Å²) < 4.78 is 0. The second kappa shape index (κ2) is 6.20. The van der Waals surface area contributed by atoms with Gasteiger partial charge in [0.2, 0.25) is 5.91 Å². The molecule has 1 aliphatic rings. The molecule has 2 rings (SSSR count). The van der Waals surface area contributed by atoms with Gasteiger partial charge in [-0.05, 0) is 37.7 Å². The van der Waals surface area contributed by atoms with E-state index in [4.69, 9.17) is 0 Å². The highest BCUT2D eigenvalue weighted by molar-refractivity contribution is 5.85. The summed E-state index contributed by atoms with van der Waals surface area (Å²) in [5.41, 5.74) is 1.04. The molecule has 1 aromatic rings. The summed E-state index contributed by atoms with van der Waals surface area (Å²) in [5, 5.41) is 12.4. The third-order valence-electron chi connectivity index (χ3n) is 3.95. The Kier molecular flexibility index (Phi) is 4.59. The average molecular weight is 261 g/mol. The fourth-order valence-corrected chi connectivity index (χ4v) is 2.37. The highest BCUT2D eigenvalue weighted by Crippen LogP contribution is 2.48. The molecule has 2 N–H and O–H groups in total. The van der Waals surface area contributed by atoms with Crippen LogP contribution in [-0.2, 0) is 11.2 Å². The predicted molar refractivity (Wildman–Crippen MR) is 75.7 cm³/mol. The summed E-state index contributed by atoms with van der Waals surface area (Å²) in [6.07, 6.45) is 3.86. The van der Waals surface area contributed by atoms with Crippen LogP contribution < -0.4 is 5.32 Å². The molecule has 0 spiro atoms. The summed E-state index contributed by atoms with van der Waals surface area (Å²) in [5.74, 6) is 0.152. The summed E-state index contributed by atoms with van der Waals surface area (Å²) in [6.45, 7) is 2.52. The number of carbonyl (C=O) groups is 1. The fraction of sp³-hybridized carbons (Fsp3) is 0.562. The number of hydrogen-bond donors (Lipinski definition) is 2. The predicted octanol–water partition coefficient (Wildman–Crippen LogP) is 2.29. The molecule has 1 fully saturated rings. The molecule has 1 atom stereocenters. The van der Waals surface area contributed by atoms with Crippen LogP contribution >= 0.6 is 0 Å². The molecule has 0 saturated heterocycles. The molecule has 1 aliphatic carbocycles. The molecule has 3 nitrogen and oxygen atoms in total. The van der Waals surface area contributed by atoms with Crippen LogP contribution in [0.3, 0.4) is 0 Å². The molecule has 1 amide bonds. The first kappa shape index (κ1) is 14.1. The molecule has 19 heavy (non-hydrogen) atoms. The van der Waals surface area contributed by atoms with Crippen LogP contribution in [0.2, 0.25) is 0 Å². The molecule has 0 aromatic heterocycles. The molecule has 0 heterocycles. The smallest absolute Gasteiger partial charge is 0.226 e. The van der Waals surface area contributed by atoms with Crippen molar-refractivity contribution in [3.8, 4) is 0 Å². The monoisotopic (exact) mass is 261 g/mol. The van der Waals surface area contributed by atoms with Crippen LogP contribution in [0.4, 0.5) is 0 Å². The van der Waals surface area contributed by atoms with E-state index in [-0.39, 0.29) is 17.4 Å². The van der Waals surface area contributed by atoms with Gasteiger partial charge in [-0.1, -0.05) is 37.3 Å². The Balaban J connectivity index is 1.82. The molecular weight excluding hydrogens is 238 g/mol. The van der Waals surface area contributed by atoms with Crippen LogP contribution in [0.25, 0.3) is 0 Å². The van der Waals surface area contributed by atoms with E-state index < -0.39 is 0 Å². The number of nitrogens with one attached hydrogen (secondary N) is 1. The van der Waals surface area contributed by atoms with Gasteiger partial charge in [0.05, 0.1) is 11.5 Å². The van der Waals surface area contributed by atoms with Crippen molar-refractivity contribution in [1.29, 1.82) is 0 Å². The maximum absolute atomic E-state index is 12.2. The van der Waals surface area contributed by atoms with Crippen molar-refractivity contribution >= 4 is 5.91 Å². The first-order valence-corrected chi connectivity index (χ1v) is 7.16. The van der Waals surface area contributed by atoms with Gasteiger partial charge in [-0.3, -0.25) is 4.79 Å². The Morgan fingerprint density at radius 1 is 1.37 bits per heavy atom. The minimum absolute atomic E-state index is 0.152. The summed E-state index contributed by atoms with van der Waals surface area (Å²) >= 11 is 0. The van der Waals surface area contributed by atoms with Gasteiger partial charge >= 0.3 is 0 Å². The number of carbonyl (C=O) groups excluding carboxylic acids is 1. The van der Waals surface area contributed by atoms with Crippen molar-refractivity contribution in [2.24, 2.45) is 5.41 Å². The SMILES string of the molecule is CCC(O)CCNC(=O)C1(Cc2ccccc2)CC1. The second-order valence-corrected chi connectivity index (χ2v) is 5.55. The van der Waals surface area contributed by atoms with E-state index >= 15 is 0 Å². The number of aliphatic hydroxyl groups excluding tert-OH is 1. The Hall–Kier alpha value is -1.35. The quantitative estimate of drug-likeness (QED) is 0.791. The zero-order valence-corrected chi connectivity index (χ0v) is 11.6. The van der Waals surface area contributed by atoms with E-state index in [0.717, 1.165) is 25.7 Å². The first-order chi connectivity index (χ1) is 9.16. The van der Waals surface area contributed by atoms with Crippen molar-refractivity contribution in [3.63, 3.8) is 0 Å². The van der Waals surface area contributed by atoms with Gasteiger partial charge in [0, 0.05) is 6.54 Å². The number of aliphatic hydroxyl groups is 1. The molecular formula is C16H23NO2. The number of benzene rings is 1. The first-order valence-electron chi connectivity index (χ1n) is 7.16. The zero-order chi connectivity index (χ0) is 13.7. The molecule has 0 radical (unpaired) electrons. The third kappa shape index (κ3) is 3.80. The lowest BCUT2D eigenvalue weighted by Crippen LogP contribution is -2.35.